The highest BCUT2D eigenvalue weighted by Crippen LogP contribution is 2.30. The van der Waals surface area contributed by atoms with Gasteiger partial charge in [-0.1, -0.05) is 18.2 Å². The molecule has 3 aliphatic rings. The largest absolute Gasteiger partial charge is 0.493 e. The van der Waals surface area contributed by atoms with Gasteiger partial charge in [0.2, 0.25) is 5.91 Å². The smallest absolute Gasteiger partial charge is 0.234 e. The summed E-state index contributed by atoms with van der Waals surface area (Å²) in [5.41, 5.74) is 1.16. The van der Waals surface area contributed by atoms with Gasteiger partial charge in [-0.2, -0.15) is 0 Å². The van der Waals surface area contributed by atoms with Crippen molar-refractivity contribution in [2.75, 3.05) is 46.4 Å². The molecular weight excluding hydrogens is 366 g/mol. The molecule has 1 heterocycles. The van der Waals surface area contributed by atoms with Gasteiger partial charge < -0.3 is 20.3 Å². The molecule has 2 N–H and O–H groups in total. The van der Waals surface area contributed by atoms with Crippen LogP contribution in [0.15, 0.2) is 29.3 Å². The van der Waals surface area contributed by atoms with Gasteiger partial charge in [-0.05, 0) is 37.7 Å². The third kappa shape index (κ3) is 6.10. The van der Waals surface area contributed by atoms with Crippen LogP contribution < -0.4 is 15.4 Å². The molecule has 7 heteroatoms. The number of guanidine groups is 1. The summed E-state index contributed by atoms with van der Waals surface area (Å²) in [6.45, 7) is 5.51. The molecule has 0 spiro atoms. The van der Waals surface area contributed by atoms with Gasteiger partial charge in [-0.3, -0.25) is 14.7 Å². The van der Waals surface area contributed by atoms with Crippen LogP contribution >= 0.6 is 0 Å². The summed E-state index contributed by atoms with van der Waals surface area (Å²) in [6, 6.07) is 8.67. The number of hydrogen-bond acceptors (Lipinski definition) is 4. The van der Waals surface area contributed by atoms with Gasteiger partial charge in [0.15, 0.2) is 5.96 Å². The van der Waals surface area contributed by atoms with Crippen LogP contribution in [0.3, 0.4) is 0 Å². The molecule has 0 bridgehead atoms. The van der Waals surface area contributed by atoms with Crippen molar-refractivity contribution in [1.29, 1.82) is 0 Å². The molecule has 2 saturated carbocycles. The Morgan fingerprint density at radius 2 is 1.90 bits per heavy atom. The summed E-state index contributed by atoms with van der Waals surface area (Å²) in [5, 5.41) is 6.56. The van der Waals surface area contributed by atoms with Gasteiger partial charge in [0.1, 0.15) is 5.75 Å². The molecule has 1 amide bonds. The average Bonchev–Trinajstić information content (AvgIpc) is 3.65. The standard InChI is InChI=1S/C22H33N5O2/c1-23-22(24-14-18-4-2-3-5-20(18)29-16-17-6-7-17)27-12-10-26(11-13-27)15-21(28)25-19-8-9-19/h2-5,17,19H,6-16H2,1H3,(H,23,24)(H,25,28). The Balaban J connectivity index is 1.23. The number of piperazine rings is 1. The normalized spacial score (nSPS) is 20.4. The molecule has 3 fully saturated rings. The van der Waals surface area contributed by atoms with E-state index >= 15 is 0 Å². The molecule has 1 aromatic carbocycles. The number of rotatable bonds is 8. The van der Waals surface area contributed by atoms with E-state index in [1.165, 1.54) is 12.8 Å². The Morgan fingerprint density at radius 3 is 2.59 bits per heavy atom. The Bertz CT molecular complexity index is 722. The topological polar surface area (TPSA) is 69.2 Å². The lowest BCUT2D eigenvalue weighted by atomic mass is 10.2. The molecule has 0 unspecified atom stereocenters. The number of carbonyl (C=O) groups excluding carboxylic acids is 1. The van der Waals surface area contributed by atoms with Crippen molar-refractivity contribution in [3.05, 3.63) is 29.8 Å². The summed E-state index contributed by atoms with van der Waals surface area (Å²) < 4.78 is 6.02. The summed E-state index contributed by atoms with van der Waals surface area (Å²) >= 11 is 0. The number of carbonyl (C=O) groups is 1. The number of hydrogen-bond donors (Lipinski definition) is 2. The highest BCUT2D eigenvalue weighted by Gasteiger charge is 2.26. The fraction of sp³-hybridized carbons (Fsp3) is 0.636. The molecule has 4 rings (SSSR count). The monoisotopic (exact) mass is 399 g/mol. The zero-order valence-corrected chi connectivity index (χ0v) is 17.4. The van der Waals surface area contributed by atoms with Gasteiger partial charge in [0.25, 0.3) is 0 Å². The maximum Gasteiger partial charge on any atom is 0.234 e. The van der Waals surface area contributed by atoms with Crippen molar-refractivity contribution < 1.29 is 9.53 Å². The maximum atomic E-state index is 12.0. The highest BCUT2D eigenvalue weighted by molar-refractivity contribution is 5.80. The van der Waals surface area contributed by atoms with E-state index in [0.717, 1.165) is 68.8 Å². The predicted octanol–water partition coefficient (Wildman–Crippen LogP) is 1.45. The lowest BCUT2D eigenvalue weighted by molar-refractivity contribution is -0.122. The first-order valence-electron chi connectivity index (χ1n) is 10.9. The molecule has 1 saturated heterocycles. The first kappa shape index (κ1) is 20.0. The lowest BCUT2D eigenvalue weighted by Crippen LogP contribution is -2.54. The molecule has 29 heavy (non-hydrogen) atoms. The quantitative estimate of drug-likeness (QED) is 0.512. The fourth-order valence-electron chi connectivity index (χ4n) is 3.61. The van der Waals surface area contributed by atoms with Gasteiger partial charge in [0.05, 0.1) is 13.2 Å². The third-order valence-electron chi connectivity index (χ3n) is 5.77. The Hall–Kier alpha value is -2.28. The minimum Gasteiger partial charge on any atom is -0.493 e. The van der Waals surface area contributed by atoms with Crippen LogP contribution in [0.1, 0.15) is 31.2 Å². The molecular formula is C22H33N5O2. The van der Waals surface area contributed by atoms with E-state index in [2.05, 4.69) is 37.6 Å². The second-order valence-corrected chi connectivity index (χ2v) is 8.37. The van der Waals surface area contributed by atoms with E-state index in [9.17, 15) is 4.79 Å². The number of amides is 1. The van der Waals surface area contributed by atoms with E-state index in [4.69, 9.17) is 4.74 Å². The molecule has 0 atom stereocenters. The second-order valence-electron chi connectivity index (χ2n) is 8.37. The molecule has 1 aromatic rings. The van der Waals surface area contributed by atoms with E-state index in [0.29, 0.717) is 19.1 Å². The van der Waals surface area contributed by atoms with Gasteiger partial charge in [-0.15, -0.1) is 0 Å². The van der Waals surface area contributed by atoms with Crippen molar-refractivity contribution in [2.45, 2.75) is 38.3 Å². The zero-order valence-electron chi connectivity index (χ0n) is 17.4. The van der Waals surface area contributed by atoms with Crippen LogP contribution in [-0.2, 0) is 11.3 Å². The molecule has 1 aliphatic heterocycles. The first-order chi connectivity index (χ1) is 14.2. The highest BCUT2D eigenvalue weighted by atomic mass is 16.5. The number of benzene rings is 1. The van der Waals surface area contributed by atoms with Crippen molar-refractivity contribution in [2.24, 2.45) is 10.9 Å². The molecule has 7 nitrogen and oxygen atoms in total. The summed E-state index contributed by atoms with van der Waals surface area (Å²) in [7, 11) is 1.83. The van der Waals surface area contributed by atoms with Crippen molar-refractivity contribution in [3.63, 3.8) is 0 Å². The molecule has 2 aliphatic carbocycles. The fourth-order valence-corrected chi connectivity index (χ4v) is 3.61. The van der Waals surface area contributed by atoms with Crippen molar-refractivity contribution in [1.82, 2.24) is 20.4 Å². The van der Waals surface area contributed by atoms with Crippen LogP contribution in [0, 0.1) is 5.92 Å². The Kier molecular flexibility index (Phi) is 6.54. The third-order valence-corrected chi connectivity index (χ3v) is 5.77. The molecule has 0 aromatic heterocycles. The number of nitrogens with one attached hydrogen (secondary N) is 2. The van der Waals surface area contributed by atoms with Crippen molar-refractivity contribution >= 4 is 11.9 Å². The Morgan fingerprint density at radius 1 is 1.14 bits per heavy atom. The van der Waals surface area contributed by atoms with Gasteiger partial charge in [-0.25, -0.2) is 0 Å². The molecule has 0 radical (unpaired) electrons. The van der Waals surface area contributed by atoms with Gasteiger partial charge >= 0.3 is 0 Å². The van der Waals surface area contributed by atoms with Crippen LogP contribution in [0.4, 0.5) is 0 Å². The van der Waals surface area contributed by atoms with Gasteiger partial charge in [0, 0.05) is 51.4 Å². The SMILES string of the molecule is CN=C(NCc1ccccc1OCC1CC1)N1CCN(CC(=O)NC2CC2)CC1. The van der Waals surface area contributed by atoms with Crippen molar-refractivity contribution in [3.8, 4) is 5.75 Å². The van der Waals surface area contributed by atoms with Crippen LogP contribution in [0.2, 0.25) is 0 Å². The minimum absolute atomic E-state index is 0.159. The van der Waals surface area contributed by atoms with Crippen LogP contribution in [0.5, 0.6) is 5.75 Å². The van der Waals surface area contributed by atoms with Crippen LogP contribution in [-0.4, -0.2) is 74.1 Å². The minimum atomic E-state index is 0.159. The number of para-hydroxylation sites is 1. The average molecular weight is 400 g/mol. The number of ether oxygens (including phenoxy) is 1. The Labute approximate surface area is 173 Å². The summed E-state index contributed by atoms with van der Waals surface area (Å²) in [6.07, 6.45) is 4.86. The van der Waals surface area contributed by atoms with E-state index in [1.807, 2.05) is 19.2 Å². The van der Waals surface area contributed by atoms with E-state index in [-0.39, 0.29) is 5.91 Å². The summed E-state index contributed by atoms with van der Waals surface area (Å²) in [4.78, 5) is 21.0. The van der Waals surface area contributed by atoms with E-state index in [1.54, 1.807) is 0 Å². The predicted molar refractivity (Wildman–Crippen MR) is 114 cm³/mol. The lowest BCUT2D eigenvalue weighted by Gasteiger charge is -2.36. The number of nitrogens with zero attached hydrogens (tertiary/aromatic N) is 3. The maximum absolute atomic E-state index is 12.0. The zero-order chi connectivity index (χ0) is 20.1. The van der Waals surface area contributed by atoms with Crippen LogP contribution in [0.25, 0.3) is 0 Å². The van der Waals surface area contributed by atoms with E-state index < -0.39 is 0 Å². The second kappa shape index (κ2) is 9.48. The first-order valence-corrected chi connectivity index (χ1v) is 10.9. The summed E-state index contributed by atoms with van der Waals surface area (Å²) in [5.74, 6) is 2.77. The number of aliphatic imine (C=N–C) groups is 1. The molecule has 158 valence electrons.